The van der Waals surface area contributed by atoms with Gasteiger partial charge in [-0.15, -0.1) is 0 Å². The number of thioether (sulfide) groups is 1. The summed E-state index contributed by atoms with van der Waals surface area (Å²) < 4.78 is 0. The molecule has 0 aromatic heterocycles. The summed E-state index contributed by atoms with van der Waals surface area (Å²) in [5.41, 5.74) is 0. The van der Waals surface area contributed by atoms with Gasteiger partial charge >= 0.3 is 5.97 Å². The largest absolute Gasteiger partial charge is 0.480 e. The number of carboxylic acid groups (broad SMARTS) is 1. The van der Waals surface area contributed by atoms with Crippen LogP contribution in [0, 0.1) is 5.92 Å². The highest BCUT2D eigenvalue weighted by Gasteiger charge is 2.17. The van der Waals surface area contributed by atoms with Crippen LogP contribution in [0.3, 0.4) is 0 Å². The van der Waals surface area contributed by atoms with E-state index in [9.17, 15) is 4.79 Å². The molecule has 96 valence electrons. The molecule has 0 saturated carbocycles. The molecule has 1 atom stereocenters. The molecule has 3 nitrogen and oxygen atoms in total. The van der Waals surface area contributed by atoms with Crippen molar-refractivity contribution in [1.82, 2.24) is 5.32 Å². The first kappa shape index (κ1) is 15.8. The molecule has 16 heavy (non-hydrogen) atoms. The maximum absolute atomic E-state index is 10.9. The minimum Gasteiger partial charge on any atom is -0.480 e. The van der Waals surface area contributed by atoms with Crippen molar-refractivity contribution in [3.63, 3.8) is 0 Å². The van der Waals surface area contributed by atoms with Gasteiger partial charge in [-0.05, 0) is 30.3 Å². The van der Waals surface area contributed by atoms with Gasteiger partial charge < -0.3 is 10.4 Å². The standard InChI is InChI=1S/C12H25NO2S/c1-9(2)5-7-16-8-6-11(12(14)15)13-10(3)4/h9-11,13H,5-8H2,1-4H3,(H,14,15). The maximum atomic E-state index is 10.9. The molecule has 2 N–H and O–H groups in total. The molecular weight excluding hydrogens is 222 g/mol. The van der Waals surface area contributed by atoms with Crippen molar-refractivity contribution in [2.45, 2.75) is 52.6 Å². The first-order valence-corrected chi connectivity index (χ1v) is 7.15. The zero-order valence-electron chi connectivity index (χ0n) is 10.8. The SMILES string of the molecule is CC(C)CCSCCC(NC(C)C)C(=O)O. The highest BCUT2D eigenvalue weighted by atomic mass is 32.2. The average Bonchev–Trinajstić information content (AvgIpc) is 2.14. The maximum Gasteiger partial charge on any atom is 0.320 e. The third-order valence-corrected chi connectivity index (χ3v) is 3.27. The smallest absolute Gasteiger partial charge is 0.320 e. The van der Waals surface area contributed by atoms with E-state index in [0.717, 1.165) is 17.4 Å². The Labute approximate surface area is 103 Å². The van der Waals surface area contributed by atoms with Crippen molar-refractivity contribution in [2.75, 3.05) is 11.5 Å². The van der Waals surface area contributed by atoms with Crippen molar-refractivity contribution in [2.24, 2.45) is 5.92 Å². The highest BCUT2D eigenvalue weighted by molar-refractivity contribution is 7.99. The minimum atomic E-state index is -0.738. The first-order chi connectivity index (χ1) is 7.43. The molecule has 0 radical (unpaired) electrons. The Morgan fingerprint density at radius 3 is 2.19 bits per heavy atom. The topological polar surface area (TPSA) is 49.3 Å². The second-order valence-electron chi connectivity index (χ2n) is 4.80. The van der Waals surface area contributed by atoms with Crippen LogP contribution in [0.1, 0.15) is 40.5 Å². The molecule has 0 aromatic carbocycles. The van der Waals surface area contributed by atoms with E-state index in [1.54, 1.807) is 0 Å². The van der Waals surface area contributed by atoms with E-state index < -0.39 is 12.0 Å². The summed E-state index contributed by atoms with van der Waals surface area (Å²) in [6.45, 7) is 8.37. The average molecular weight is 247 g/mol. The Kier molecular flexibility index (Phi) is 8.76. The fraction of sp³-hybridized carbons (Fsp3) is 0.917. The van der Waals surface area contributed by atoms with Crippen LogP contribution in [0.5, 0.6) is 0 Å². The van der Waals surface area contributed by atoms with Crippen LogP contribution < -0.4 is 5.32 Å². The lowest BCUT2D eigenvalue weighted by Crippen LogP contribution is -2.41. The van der Waals surface area contributed by atoms with Gasteiger partial charge in [0.25, 0.3) is 0 Å². The van der Waals surface area contributed by atoms with Gasteiger partial charge in [0.2, 0.25) is 0 Å². The molecule has 0 heterocycles. The van der Waals surface area contributed by atoms with Crippen molar-refractivity contribution < 1.29 is 9.90 Å². The highest BCUT2D eigenvalue weighted by Crippen LogP contribution is 2.11. The summed E-state index contributed by atoms with van der Waals surface area (Å²) in [5.74, 6) is 2.05. The second kappa shape index (κ2) is 8.88. The molecule has 0 rings (SSSR count). The zero-order chi connectivity index (χ0) is 12.6. The molecular formula is C12H25NO2S. The molecule has 0 bridgehead atoms. The molecule has 0 spiro atoms. The van der Waals surface area contributed by atoms with Crippen LogP contribution in [-0.2, 0) is 4.79 Å². The molecule has 0 aliphatic carbocycles. The fourth-order valence-electron chi connectivity index (χ4n) is 1.30. The summed E-state index contributed by atoms with van der Waals surface area (Å²) in [4.78, 5) is 10.9. The monoisotopic (exact) mass is 247 g/mol. The van der Waals surface area contributed by atoms with E-state index in [0.29, 0.717) is 6.42 Å². The summed E-state index contributed by atoms with van der Waals surface area (Å²) in [7, 11) is 0. The molecule has 0 aliphatic rings. The Morgan fingerprint density at radius 1 is 1.19 bits per heavy atom. The molecule has 0 amide bonds. The number of hydrogen-bond acceptors (Lipinski definition) is 3. The number of hydrogen-bond donors (Lipinski definition) is 2. The third-order valence-electron chi connectivity index (χ3n) is 2.22. The molecule has 0 aliphatic heterocycles. The van der Waals surface area contributed by atoms with Gasteiger partial charge in [0.1, 0.15) is 6.04 Å². The Balaban J connectivity index is 3.64. The summed E-state index contributed by atoms with van der Waals surface area (Å²) in [6.07, 6.45) is 1.91. The van der Waals surface area contributed by atoms with Gasteiger partial charge in [0.05, 0.1) is 0 Å². The zero-order valence-corrected chi connectivity index (χ0v) is 11.6. The van der Waals surface area contributed by atoms with Gasteiger partial charge in [-0.3, -0.25) is 4.79 Å². The van der Waals surface area contributed by atoms with E-state index in [-0.39, 0.29) is 6.04 Å². The second-order valence-corrected chi connectivity index (χ2v) is 6.02. The predicted molar refractivity (Wildman–Crippen MR) is 71.1 cm³/mol. The molecule has 4 heteroatoms. The van der Waals surface area contributed by atoms with Gasteiger partial charge in [-0.25, -0.2) is 0 Å². The number of rotatable bonds is 9. The number of carbonyl (C=O) groups is 1. The van der Waals surface area contributed by atoms with Crippen LogP contribution in [0.2, 0.25) is 0 Å². The van der Waals surface area contributed by atoms with Crippen molar-refractivity contribution >= 4 is 17.7 Å². The number of aliphatic carboxylic acids is 1. The van der Waals surface area contributed by atoms with Crippen LogP contribution >= 0.6 is 11.8 Å². The Bertz CT molecular complexity index is 195. The van der Waals surface area contributed by atoms with Crippen LogP contribution in [0.15, 0.2) is 0 Å². The lowest BCUT2D eigenvalue weighted by atomic mass is 10.2. The first-order valence-electron chi connectivity index (χ1n) is 6.00. The van der Waals surface area contributed by atoms with E-state index >= 15 is 0 Å². The van der Waals surface area contributed by atoms with E-state index in [2.05, 4.69) is 19.2 Å². The Hall–Kier alpha value is -0.220. The summed E-state index contributed by atoms with van der Waals surface area (Å²) in [5, 5.41) is 12.1. The molecule has 0 saturated heterocycles. The summed E-state index contributed by atoms with van der Waals surface area (Å²) in [6, 6.07) is -0.173. The fourth-order valence-corrected chi connectivity index (χ4v) is 2.55. The van der Waals surface area contributed by atoms with Crippen molar-refractivity contribution in [3.8, 4) is 0 Å². The number of nitrogens with one attached hydrogen (secondary N) is 1. The number of carboxylic acids is 1. The van der Waals surface area contributed by atoms with E-state index in [4.69, 9.17) is 5.11 Å². The Morgan fingerprint density at radius 2 is 1.75 bits per heavy atom. The normalized spacial score (nSPS) is 13.4. The molecule has 1 unspecified atom stereocenters. The summed E-state index contributed by atoms with van der Waals surface area (Å²) >= 11 is 1.85. The van der Waals surface area contributed by atoms with E-state index in [1.807, 2.05) is 25.6 Å². The van der Waals surface area contributed by atoms with Gasteiger partial charge in [0, 0.05) is 6.04 Å². The quantitative estimate of drug-likeness (QED) is 0.615. The molecule has 0 aromatic rings. The predicted octanol–water partition coefficient (Wildman–Crippen LogP) is 2.61. The molecule has 0 fully saturated rings. The van der Waals surface area contributed by atoms with Crippen molar-refractivity contribution in [1.29, 1.82) is 0 Å². The van der Waals surface area contributed by atoms with Crippen LogP contribution in [0.4, 0.5) is 0 Å². The van der Waals surface area contributed by atoms with Gasteiger partial charge in [0.15, 0.2) is 0 Å². The van der Waals surface area contributed by atoms with Gasteiger partial charge in [-0.1, -0.05) is 27.7 Å². The third kappa shape index (κ3) is 9.04. The lowest BCUT2D eigenvalue weighted by Gasteiger charge is -2.16. The minimum absolute atomic E-state index is 0.224. The van der Waals surface area contributed by atoms with Crippen LogP contribution in [-0.4, -0.2) is 34.7 Å². The lowest BCUT2D eigenvalue weighted by molar-refractivity contribution is -0.139. The van der Waals surface area contributed by atoms with Gasteiger partial charge in [-0.2, -0.15) is 11.8 Å². The van der Waals surface area contributed by atoms with Crippen LogP contribution in [0.25, 0.3) is 0 Å². The van der Waals surface area contributed by atoms with Crippen molar-refractivity contribution in [3.05, 3.63) is 0 Å². The van der Waals surface area contributed by atoms with E-state index in [1.165, 1.54) is 6.42 Å².